The zero-order valence-corrected chi connectivity index (χ0v) is 21.4. The molecule has 2 radical (unpaired) electrons. The van der Waals surface area contributed by atoms with Gasteiger partial charge in [-0.3, -0.25) is 9.99 Å². The number of benzene rings is 2. The second-order valence-corrected chi connectivity index (χ2v) is 9.30. The molecule has 8 nitrogen and oxygen atoms in total. The molecule has 1 aliphatic rings. The van der Waals surface area contributed by atoms with Crippen molar-refractivity contribution < 1.29 is 22.0 Å². The third-order valence-corrected chi connectivity index (χ3v) is 6.42. The van der Waals surface area contributed by atoms with Crippen molar-refractivity contribution in [3.63, 3.8) is 0 Å². The summed E-state index contributed by atoms with van der Waals surface area (Å²) in [6.07, 6.45) is 0.997. The van der Waals surface area contributed by atoms with E-state index in [0.29, 0.717) is 10.9 Å². The summed E-state index contributed by atoms with van der Waals surface area (Å²) in [5, 5.41) is 17.2. The minimum atomic E-state index is -2.65. The van der Waals surface area contributed by atoms with Gasteiger partial charge in [-0.15, -0.1) is 5.53 Å². The van der Waals surface area contributed by atoms with Gasteiger partial charge < -0.3 is 16.1 Å². The molecule has 4 N–H and O–H groups in total. The van der Waals surface area contributed by atoms with Crippen LogP contribution in [-0.4, -0.2) is 35.8 Å². The fourth-order valence-corrected chi connectivity index (χ4v) is 4.49. The maximum Gasteiger partial charge on any atom is 0.257 e. The van der Waals surface area contributed by atoms with Crippen molar-refractivity contribution in [3.05, 3.63) is 100 Å². The van der Waals surface area contributed by atoms with Crippen molar-refractivity contribution in [1.29, 1.82) is 5.26 Å². The number of nitrogens with zero attached hydrogens (tertiary/aromatic N) is 4. The second-order valence-electron chi connectivity index (χ2n) is 8.90. The molecule has 0 fully saturated rings. The van der Waals surface area contributed by atoms with Gasteiger partial charge in [0.05, 0.1) is 51.4 Å². The van der Waals surface area contributed by atoms with E-state index in [2.05, 4.69) is 31.6 Å². The molecule has 0 aliphatic carbocycles. The quantitative estimate of drug-likeness (QED) is 0.128. The number of alkyl halides is 2. The van der Waals surface area contributed by atoms with Crippen molar-refractivity contribution in [2.75, 3.05) is 17.2 Å². The summed E-state index contributed by atoms with van der Waals surface area (Å²) in [6.45, 7) is -0.645. The number of nitriles is 1. The van der Waals surface area contributed by atoms with Gasteiger partial charge in [-0.1, -0.05) is 23.7 Å². The van der Waals surface area contributed by atoms with E-state index in [9.17, 15) is 27.2 Å². The molecule has 0 bridgehead atoms. The van der Waals surface area contributed by atoms with Crippen molar-refractivity contribution in [3.8, 4) is 6.07 Å². The van der Waals surface area contributed by atoms with Gasteiger partial charge in [0, 0.05) is 29.5 Å². The lowest BCUT2D eigenvalue weighted by atomic mass is 9.69. The first-order chi connectivity index (χ1) is 19.6. The van der Waals surface area contributed by atoms with E-state index >= 15 is 0 Å². The average molecular weight is 583 g/mol. The summed E-state index contributed by atoms with van der Waals surface area (Å²) >= 11 is 6.55. The van der Waals surface area contributed by atoms with Crippen molar-refractivity contribution in [2.45, 2.75) is 11.9 Å². The highest BCUT2D eigenvalue weighted by Crippen LogP contribution is 2.38. The Morgan fingerprint density at radius 2 is 1.83 bits per heavy atom. The molecule has 0 saturated heterocycles. The maximum absolute atomic E-state index is 13.8. The molecule has 15 heteroatoms. The average Bonchev–Trinajstić information content (AvgIpc) is 3.40. The topological polar surface area (TPSA) is 101 Å². The Bertz CT molecular complexity index is 1700. The molecule has 2 aromatic heterocycles. The summed E-state index contributed by atoms with van der Waals surface area (Å²) in [7, 11) is 6.81. The molecule has 206 valence electrons. The third-order valence-electron chi connectivity index (χ3n) is 6.13. The monoisotopic (exact) mass is 582 g/mol. The maximum atomic E-state index is 13.8. The Kier molecular flexibility index (Phi) is 7.57. The predicted octanol–water partition coefficient (Wildman–Crippen LogP) is 5.18. The number of fused-ring (bicyclic) bond motifs is 1. The van der Waals surface area contributed by atoms with E-state index < -0.39 is 36.0 Å². The molecule has 4 aromatic rings. The second kappa shape index (κ2) is 11.1. The molecule has 3 heterocycles. The minimum absolute atomic E-state index is 0.0485. The van der Waals surface area contributed by atoms with Crippen LogP contribution in [0.5, 0.6) is 0 Å². The first-order valence-corrected chi connectivity index (χ1v) is 12.2. The zero-order valence-electron chi connectivity index (χ0n) is 20.7. The summed E-state index contributed by atoms with van der Waals surface area (Å²) in [5.41, 5.74) is 5.08. The lowest BCUT2D eigenvalue weighted by Gasteiger charge is -2.34. The van der Waals surface area contributed by atoms with Gasteiger partial charge in [-0.2, -0.15) is 9.65 Å². The number of anilines is 3. The highest BCUT2D eigenvalue weighted by molar-refractivity contribution is 6.36. The number of nitrogens with one attached hydrogen (secondary N) is 4. The Balaban J connectivity index is 1.61. The number of pyridine rings is 2. The molecule has 1 atom stereocenters. The first kappa shape index (κ1) is 27.9. The molecular weight excluding hydrogens is 566 g/mol. The van der Waals surface area contributed by atoms with E-state index in [1.165, 1.54) is 42.7 Å². The Labute approximate surface area is 236 Å². The third kappa shape index (κ3) is 5.68. The zero-order chi connectivity index (χ0) is 29.3. The van der Waals surface area contributed by atoms with E-state index in [0.717, 1.165) is 17.3 Å². The SMILES string of the molecule is [B]C(Nc1cc(Cl)c2ncc(C#N)c(Nc3cnc(F)c(F)c3)c2c1)(C1=CN(CC(F)F)NN1)c1ccc(F)cc1. The predicted molar refractivity (Wildman–Crippen MR) is 143 cm³/mol. The molecule has 41 heavy (non-hydrogen) atoms. The Morgan fingerprint density at radius 3 is 2.51 bits per heavy atom. The lowest BCUT2D eigenvalue weighted by molar-refractivity contribution is 0.0889. The van der Waals surface area contributed by atoms with E-state index in [-0.39, 0.29) is 38.9 Å². The Morgan fingerprint density at radius 1 is 1.07 bits per heavy atom. The number of rotatable bonds is 8. The van der Waals surface area contributed by atoms with Gasteiger partial charge in [0.1, 0.15) is 19.7 Å². The van der Waals surface area contributed by atoms with Crippen LogP contribution in [0.15, 0.2) is 66.8 Å². The van der Waals surface area contributed by atoms with Crippen molar-refractivity contribution in [2.24, 2.45) is 0 Å². The number of hydrogen-bond donors (Lipinski definition) is 4. The van der Waals surface area contributed by atoms with E-state index in [4.69, 9.17) is 19.4 Å². The van der Waals surface area contributed by atoms with Crippen molar-refractivity contribution in [1.82, 2.24) is 25.9 Å². The van der Waals surface area contributed by atoms with E-state index in [1.54, 1.807) is 6.07 Å². The highest BCUT2D eigenvalue weighted by Gasteiger charge is 2.34. The minimum Gasteiger partial charge on any atom is -0.378 e. The first-order valence-electron chi connectivity index (χ1n) is 11.8. The summed E-state index contributed by atoms with van der Waals surface area (Å²) in [4.78, 5) is 7.60. The summed E-state index contributed by atoms with van der Waals surface area (Å²) in [5.74, 6) is -3.01. The summed E-state index contributed by atoms with van der Waals surface area (Å²) in [6, 6.07) is 11.1. The standard InChI is InChI=1S/C26H17BClF5N8/c27-26(14-1-3-15(29)4-2-14,21-11-41(40-39-21)12-22(31)32)38-16-5-18-23(37-17-7-20(30)25(33)36-10-17)13(8-34)9-35-24(18)19(28)6-16/h1-7,9-11,22,38-40H,12H2,(H,35,37). The molecule has 2 aromatic carbocycles. The van der Waals surface area contributed by atoms with Gasteiger partial charge >= 0.3 is 0 Å². The number of hydrazine groups is 2. The van der Waals surface area contributed by atoms with Crippen molar-refractivity contribution >= 4 is 47.4 Å². The van der Waals surface area contributed by atoms with Gasteiger partial charge in [-0.05, 0) is 29.8 Å². The molecule has 0 saturated carbocycles. The van der Waals surface area contributed by atoms with Crippen LogP contribution < -0.4 is 21.6 Å². The van der Waals surface area contributed by atoms with Gasteiger partial charge in [0.15, 0.2) is 5.82 Å². The fourth-order valence-electron chi connectivity index (χ4n) is 4.22. The fraction of sp³-hybridized carbons (Fsp3) is 0.115. The smallest absolute Gasteiger partial charge is 0.257 e. The molecule has 1 aliphatic heterocycles. The van der Waals surface area contributed by atoms with Crippen LogP contribution in [-0.2, 0) is 5.44 Å². The molecule has 0 amide bonds. The Hall–Kier alpha value is -4.61. The van der Waals surface area contributed by atoms with Crippen LogP contribution >= 0.6 is 11.6 Å². The van der Waals surface area contributed by atoms with Gasteiger partial charge in [0.25, 0.3) is 6.43 Å². The normalized spacial score (nSPS) is 14.4. The van der Waals surface area contributed by atoms with Crippen LogP contribution in [0.3, 0.4) is 0 Å². The molecular formula is C26H17BClF5N8. The highest BCUT2D eigenvalue weighted by atomic mass is 35.5. The van der Waals surface area contributed by atoms with Crippen LogP contribution in [0.25, 0.3) is 10.9 Å². The van der Waals surface area contributed by atoms with Crippen LogP contribution in [0, 0.1) is 28.9 Å². The van der Waals surface area contributed by atoms with Gasteiger partial charge in [-0.25, -0.2) is 22.5 Å². The molecule has 5 rings (SSSR count). The lowest BCUT2D eigenvalue weighted by Crippen LogP contribution is -2.45. The number of halogens is 6. The summed E-state index contributed by atoms with van der Waals surface area (Å²) < 4.78 is 67.0. The largest absolute Gasteiger partial charge is 0.378 e. The number of hydrogen-bond acceptors (Lipinski definition) is 8. The van der Waals surface area contributed by atoms with Crippen LogP contribution in [0.1, 0.15) is 11.1 Å². The van der Waals surface area contributed by atoms with Crippen LogP contribution in [0.2, 0.25) is 5.02 Å². The molecule has 1 unspecified atom stereocenters. The van der Waals surface area contributed by atoms with E-state index in [1.807, 2.05) is 6.07 Å². The molecule has 0 spiro atoms. The number of aromatic nitrogens is 2. The van der Waals surface area contributed by atoms with Gasteiger partial charge in [0.2, 0.25) is 5.95 Å². The van der Waals surface area contributed by atoms with Crippen LogP contribution in [0.4, 0.5) is 39.0 Å².